The fourth-order valence-corrected chi connectivity index (χ4v) is 3.24. The lowest BCUT2D eigenvalue weighted by atomic mass is 9.77. The fourth-order valence-electron chi connectivity index (χ4n) is 2.44. The minimum absolute atomic E-state index is 0.438. The van der Waals surface area contributed by atoms with Crippen LogP contribution >= 0.6 is 11.3 Å². The maximum absolute atomic E-state index is 6.16. The number of hydrogen-bond acceptors (Lipinski definition) is 2. The molecule has 3 atom stereocenters. The summed E-state index contributed by atoms with van der Waals surface area (Å²) in [6.07, 6.45) is 5.06. The summed E-state index contributed by atoms with van der Waals surface area (Å²) >= 11 is 1.86. The van der Waals surface area contributed by atoms with Crippen LogP contribution in [-0.4, -0.2) is 6.04 Å². The first-order valence-electron chi connectivity index (χ1n) is 5.53. The molecule has 0 aromatic carbocycles. The van der Waals surface area contributed by atoms with E-state index in [1.807, 2.05) is 11.3 Å². The number of thiophene rings is 1. The van der Waals surface area contributed by atoms with Gasteiger partial charge in [0.15, 0.2) is 0 Å². The Morgan fingerprint density at radius 1 is 1.50 bits per heavy atom. The predicted molar refractivity (Wildman–Crippen MR) is 62.5 cm³/mol. The summed E-state index contributed by atoms with van der Waals surface area (Å²) in [6.45, 7) is 2.35. The van der Waals surface area contributed by atoms with E-state index in [4.69, 9.17) is 5.73 Å². The van der Waals surface area contributed by atoms with Gasteiger partial charge in [0, 0.05) is 10.9 Å². The van der Waals surface area contributed by atoms with Crippen LogP contribution in [-0.2, 0) is 6.42 Å². The van der Waals surface area contributed by atoms with E-state index in [-0.39, 0.29) is 0 Å². The van der Waals surface area contributed by atoms with Gasteiger partial charge in [0.25, 0.3) is 0 Å². The molecule has 1 saturated carbocycles. The Labute approximate surface area is 90.3 Å². The van der Waals surface area contributed by atoms with E-state index in [9.17, 15) is 0 Å². The Morgan fingerprint density at radius 2 is 2.36 bits per heavy atom. The third kappa shape index (κ3) is 2.37. The molecule has 0 amide bonds. The molecule has 0 aliphatic heterocycles. The van der Waals surface area contributed by atoms with Gasteiger partial charge in [0.05, 0.1) is 0 Å². The van der Waals surface area contributed by atoms with E-state index in [1.165, 1.54) is 30.6 Å². The molecule has 1 aliphatic rings. The van der Waals surface area contributed by atoms with E-state index in [0.717, 1.165) is 11.8 Å². The van der Waals surface area contributed by atoms with Gasteiger partial charge in [-0.1, -0.05) is 13.0 Å². The molecule has 2 heteroatoms. The van der Waals surface area contributed by atoms with E-state index in [2.05, 4.69) is 24.4 Å². The third-order valence-electron chi connectivity index (χ3n) is 3.35. The molecule has 1 fully saturated rings. The second kappa shape index (κ2) is 4.45. The van der Waals surface area contributed by atoms with Crippen LogP contribution in [0.25, 0.3) is 0 Å². The van der Waals surface area contributed by atoms with Crippen molar-refractivity contribution in [3.05, 3.63) is 22.4 Å². The second-order valence-electron chi connectivity index (χ2n) is 4.63. The molecule has 0 radical (unpaired) electrons. The van der Waals surface area contributed by atoms with Crippen molar-refractivity contribution in [2.75, 3.05) is 0 Å². The van der Waals surface area contributed by atoms with Gasteiger partial charge < -0.3 is 5.73 Å². The first kappa shape index (κ1) is 10.2. The van der Waals surface area contributed by atoms with Crippen LogP contribution in [0.1, 0.15) is 31.1 Å². The molecular formula is C12H19NS. The monoisotopic (exact) mass is 209 g/mol. The minimum atomic E-state index is 0.438. The van der Waals surface area contributed by atoms with Crippen molar-refractivity contribution >= 4 is 11.3 Å². The van der Waals surface area contributed by atoms with Crippen molar-refractivity contribution in [3.8, 4) is 0 Å². The Balaban J connectivity index is 1.95. The Kier molecular flexibility index (Phi) is 3.24. The highest BCUT2D eigenvalue weighted by atomic mass is 32.1. The average Bonchev–Trinajstić information content (AvgIpc) is 2.64. The van der Waals surface area contributed by atoms with Crippen molar-refractivity contribution in [3.63, 3.8) is 0 Å². The highest BCUT2D eigenvalue weighted by molar-refractivity contribution is 7.09. The SMILES string of the molecule is CC1CCC(N)C(Cc2cccs2)C1. The summed E-state index contributed by atoms with van der Waals surface area (Å²) in [4.78, 5) is 1.50. The molecule has 0 saturated heterocycles. The summed E-state index contributed by atoms with van der Waals surface area (Å²) in [5, 5.41) is 2.16. The van der Waals surface area contributed by atoms with Gasteiger partial charge in [-0.05, 0) is 49.0 Å². The molecule has 0 spiro atoms. The smallest absolute Gasteiger partial charge is 0.00708 e. The molecule has 1 aromatic heterocycles. The molecule has 1 nitrogen and oxygen atoms in total. The van der Waals surface area contributed by atoms with Gasteiger partial charge in [-0.15, -0.1) is 11.3 Å². The van der Waals surface area contributed by atoms with Crippen LogP contribution in [0.2, 0.25) is 0 Å². The Hall–Kier alpha value is -0.340. The lowest BCUT2D eigenvalue weighted by Crippen LogP contribution is -2.36. The van der Waals surface area contributed by atoms with Gasteiger partial charge >= 0.3 is 0 Å². The van der Waals surface area contributed by atoms with Crippen molar-refractivity contribution in [1.82, 2.24) is 0 Å². The van der Waals surface area contributed by atoms with E-state index < -0.39 is 0 Å². The molecule has 1 heterocycles. The molecule has 0 bridgehead atoms. The minimum Gasteiger partial charge on any atom is -0.327 e. The van der Waals surface area contributed by atoms with Crippen LogP contribution in [0.3, 0.4) is 0 Å². The van der Waals surface area contributed by atoms with Crippen LogP contribution < -0.4 is 5.73 Å². The molecular weight excluding hydrogens is 190 g/mol. The molecule has 1 aromatic rings. The third-order valence-corrected chi connectivity index (χ3v) is 4.25. The van der Waals surface area contributed by atoms with Crippen molar-refractivity contribution in [2.24, 2.45) is 17.6 Å². The van der Waals surface area contributed by atoms with Gasteiger partial charge in [0.2, 0.25) is 0 Å². The maximum Gasteiger partial charge on any atom is 0.00708 e. The summed E-state index contributed by atoms with van der Waals surface area (Å²) in [5.41, 5.74) is 6.16. The second-order valence-corrected chi connectivity index (χ2v) is 5.66. The molecule has 1 aliphatic carbocycles. The van der Waals surface area contributed by atoms with Gasteiger partial charge in [-0.25, -0.2) is 0 Å². The van der Waals surface area contributed by atoms with Crippen molar-refractivity contribution < 1.29 is 0 Å². The predicted octanol–water partition coefficient (Wildman–Crippen LogP) is 3.05. The lowest BCUT2D eigenvalue weighted by molar-refractivity contribution is 0.245. The van der Waals surface area contributed by atoms with E-state index in [1.54, 1.807) is 0 Å². The van der Waals surface area contributed by atoms with E-state index >= 15 is 0 Å². The molecule has 14 heavy (non-hydrogen) atoms. The van der Waals surface area contributed by atoms with Crippen LogP contribution in [0.4, 0.5) is 0 Å². The zero-order valence-corrected chi connectivity index (χ0v) is 9.59. The first-order valence-corrected chi connectivity index (χ1v) is 6.41. The van der Waals surface area contributed by atoms with Gasteiger partial charge in [-0.3, -0.25) is 0 Å². The Bertz CT molecular complexity index is 268. The quantitative estimate of drug-likeness (QED) is 0.796. The number of nitrogens with two attached hydrogens (primary N) is 1. The Morgan fingerprint density at radius 3 is 3.07 bits per heavy atom. The van der Waals surface area contributed by atoms with Crippen molar-refractivity contribution in [2.45, 2.75) is 38.6 Å². The molecule has 2 N–H and O–H groups in total. The van der Waals surface area contributed by atoms with E-state index in [0.29, 0.717) is 6.04 Å². The number of rotatable bonds is 2. The highest BCUT2D eigenvalue weighted by Crippen LogP contribution is 2.31. The number of hydrogen-bond donors (Lipinski definition) is 1. The van der Waals surface area contributed by atoms with Gasteiger partial charge in [0.1, 0.15) is 0 Å². The normalized spacial score (nSPS) is 33.1. The summed E-state index contributed by atoms with van der Waals surface area (Å²) in [6, 6.07) is 4.81. The lowest BCUT2D eigenvalue weighted by Gasteiger charge is -2.32. The maximum atomic E-state index is 6.16. The van der Waals surface area contributed by atoms with Crippen LogP contribution in [0, 0.1) is 11.8 Å². The largest absolute Gasteiger partial charge is 0.327 e. The average molecular weight is 209 g/mol. The summed E-state index contributed by atoms with van der Waals surface area (Å²) < 4.78 is 0. The van der Waals surface area contributed by atoms with Gasteiger partial charge in [-0.2, -0.15) is 0 Å². The zero-order valence-electron chi connectivity index (χ0n) is 8.78. The molecule has 2 rings (SSSR count). The first-order chi connectivity index (χ1) is 6.75. The summed E-state index contributed by atoms with van der Waals surface area (Å²) in [7, 11) is 0. The van der Waals surface area contributed by atoms with Crippen molar-refractivity contribution in [1.29, 1.82) is 0 Å². The topological polar surface area (TPSA) is 26.0 Å². The van der Waals surface area contributed by atoms with Crippen LogP contribution in [0.5, 0.6) is 0 Å². The fraction of sp³-hybridized carbons (Fsp3) is 0.667. The summed E-state index contributed by atoms with van der Waals surface area (Å²) in [5.74, 6) is 1.59. The zero-order chi connectivity index (χ0) is 9.97. The standard InChI is InChI=1S/C12H19NS/c1-9-4-5-12(13)10(7-9)8-11-3-2-6-14-11/h2-3,6,9-10,12H,4-5,7-8,13H2,1H3. The molecule has 78 valence electrons. The van der Waals surface area contributed by atoms with Crippen LogP contribution in [0.15, 0.2) is 17.5 Å². The molecule has 3 unspecified atom stereocenters. The highest BCUT2D eigenvalue weighted by Gasteiger charge is 2.25.